The Hall–Kier alpha value is -1.39. The molecule has 1 atom stereocenters. The maximum Gasteiger partial charge on any atom is 0.0931 e. The van der Waals surface area contributed by atoms with Gasteiger partial charge in [-0.2, -0.15) is 0 Å². The fraction of sp³-hybridized carbons (Fsp3) is 0.632. The van der Waals surface area contributed by atoms with Gasteiger partial charge in [-0.05, 0) is 50.7 Å². The number of hydrogen-bond acceptors (Lipinski definition) is 3. The number of nitrogens with zero attached hydrogens (tertiary/aromatic N) is 2. The highest BCUT2D eigenvalue weighted by Crippen LogP contribution is 2.30. The van der Waals surface area contributed by atoms with Crippen LogP contribution in [0.1, 0.15) is 56.7 Å². The summed E-state index contributed by atoms with van der Waals surface area (Å²) >= 11 is 0. The lowest BCUT2D eigenvalue weighted by Crippen LogP contribution is -2.20. The molecule has 4 heteroatoms. The molecule has 1 N–H and O–H groups in total. The topological polar surface area (TPSA) is 39.1 Å². The van der Waals surface area contributed by atoms with Gasteiger partial charge in [0.2, 0.25) is 0 Å². The average Bonchev–Trinajstić information content (AvgIpc) is 3.30. The predicted molar refractivity (Wildman–Crippen MR) is 94.8 cm³/mol. The van der Waals surface area contributed by atoms with Crippen LogP contribution in [0.3, 0.4) is 0 Å². The summed E-state index contributed by atoms with van der Waals surface area (Å²) in [6.45, 7) is 6.37. The molecular formula is C19H29N3O. The molecule has 0 saturated heterocycles. The van der Waals surface area contributed by atoms with Crippen LogP contribution in [0.15, 0.2) is 18.5 Å². The number of unbranched alkanes of at least 4 members (excludes halogenated alkanes) is 1. The van der Waals surface area contributed by atoms with Gasteiger partial charge >= 0.3 is 0 Å². The molecule has 0 aromatic carbocycles. The third kappa shape index (κ3) is 3.75. The minimum Gasteiger partial charge on any atom is -0.385 e. The normalized spacial score (nSPS) is 16.1. The van der Waals surface area contributed by atoms with Crippen LogP contribution >= 0.6 is 0 Å². The lowest BCUT2D eigenvalue weighted by atomic mass is 10.1. The smallest absolute Gasteiger partial charge is 0.0931 e. The third-order valence-corrected chi connectivity index (χ3v) is 4.77. The van der Waals surface area contributed by atoms with E-state index in [0.717, 1.165) is 32.4 Å². The number of pyridine rings is 1. The maximum absolute atomic E-state index is 5.17. The largest absolute Gasteiger partial charge is 0.385 e. The van der Waals surface area contributed by atoms with Crippen molar-refractivity contribution < 1.29 is 4.74 Å². The molecule has 0 bridgehead atoms. The Morgan fingerprint density at radius 3 is 2.91 bits per heavy atom. The van der Waals surface area contributed by atoms with E-state index in [0.29, 0.717) is 12.1 Å². The van der Waals surface area contributed by atoms with Gasteiger partial charge < -0.3 is 14.6 Å². The molecule has 1 unspecified atom stereocenters. The molecule has 1 aliphatic rings. The Kier molecular flexibility index (Phi) is 5.34. The molecule has 1 aliphatic carbocycles. The Labute approximate surface area is 139 Å². The van der Waals surface area contributed by atoms with Gasteiger partial charge in [-0.3, -0.25) is 4.98 Å². The van der Waals surface area contributed by atoms with E-state index >= 15 is 0 Å². The maximum atomic E-state index is 5.17. The van der Waals surface area contributed by atoms with E-state index in [1.165, 1.54) is 35.0 Å². The van der Waals surface area contributed by atoms with Crippen molar-refractivity contribution in [3.05, 3.63) is 29.6 Å². The molecule has 1 saturated carbocycles. The minimum atomic E-state index is 0.366. The number of hydrogen-bond donors (Lipinski definition) is 1. The molecule has 4 nitrogen and oxygen atoms in total. The number of nitrogens with one attached hydrogen (secondary N) is 1. The Morgan fingerprint density at radius 1 is 1.39 bits per heavy atom. The van der Waals surface area contributed by atoms with E-state index in [1.54, 1.807) is 7.11 Å². The van der Waals surface area contributed by atoms with Crippen LogP contribution in [0.25, 0.3) is 11.0 Å². The van der Waals surface area contributed by atoms with Crippen molar-refractivity contribution in [3.63, 3.8) is 0 Å². The quantitative estimate of drug-likeness (QED) is 0.715. The fourth-order valence-electron chi connectivity index (χ4n) is 3.32. The Balaban J connectivity index is 1.89. The molecule has 0 spiro atoms. The number of ether oxygens (including phenoxy) is 1. The second-order valence-corrected chi connectivity index (χ2v) is 6.66. The van der Waals surface area contributed by atoms with Crippen LogP contribution in [0, 0.1) is 0 Å². The van der Waals surface area contributed by atoms with Crippen LogP contribution < -0.4 is 5.32 Å². The van der Waals surface area contributed by atoms with E-state index in [2.05, 4.69) is 36.0 Å². The number of aromatic nitrogens is 2. The monoisotopic (exact) mass is 315 g/mol. The van der Waals surface area contributed by atoms with Gasteiger partial charge in [-0.25, -0.2) is 0 Å². The SMILES string of the molecule is CCc1ccnc2c(C(C)NC3CC3)cn(CCCCOC)c12. The first kappa shape index (κ1) is 16.5. The number of methoxy groups -OCH3 is 1. The number of fused-ring (bicyclic) bond motifs is 1. The molecule has 2 aromatic heterocycles. The van der Waals surface area contributed by atoms with Crippen LogP contribution in [-0.4, -0.2) is 29.3 Å². The van der Waals surface area contributed by atoms with Gasteiger partial charge in [0, 0.05) is 50.3 Å². The van der Waals surface area contributed by atoms with E-state index in [9.17, 15) is 0 Å². The molecule has 0 radical (unpaired) electrons. The predicted octanol–water partition coefficient (Wildman–Crippen LogP) is 3.84. The molecule has 2 aromatic rings. The molecule has 126 valence electrons. The molecule has 3 rings (SSSR count). The zero-order valence-electron chi connectivity index (χ0n) is 14.6. The molecule has 0 aliphatic heterocycles. The van der Waals surface area contributed by atoms with Crippen molar-refractivity contribution in [2.45, 2.75) is 64.6 Å². The highest BCUT2D eigenvalue weighted by atomic mass is 16.5. The molecule has 2 heterocycles. The molecule has 23 heavy (non-hydrogen) atoms. The van der Waals surface area contributed by atoms with Crippen molar-refractivity contribution in [3.8, 4) is 0 Å². The van der Waals surface area contributed by atoms with Gasteiger partial charge in [-0.15, -0.1) is 0 Å². The summed E-state index contributed by atoms with van der Waals surface area (Å²) in [6, 6.07) is 3.24. The summed E-state index contributed by atoms with van der Waals surface area (Å²) in [5.74, 6) is 0. The Morgan fingerprint density at radius 2 is 2.22 bits per heavy atom. The van der Waals surface area contributed by atoms with E-state index in [4.69, 9.17) is 9.72 Å². The highest BCUT2D eigenvalue weighted by Gasteiger charge is 2.25. The Bertz CT molecular complexity index is 645. The van der Waals surface area contributed by atoms with Crippen LogP contribution in [0.5, 0.6) is 0 Å². The van der Waals surface area contributed by atoms with E-state index in [1.807, 2.05) is 6.20 Å². The first-order valence-electron chi connectivity index (χ1n) is 8.96. The molecule has 0 amide bonds. The van der Waals surface area contributed by atoms with Crippen LogP contribution in [-0.2, 0) is 17.7 Å². The van der Waals surface area contributed by atoms with Gasteiger partial charge in [0.05, 0.1) is 11.0 Å². The first-order chi connectivity index (χ1) is 11.2. The first-order valence-corrected chi connectivity index (χ1v) is 8.96. The van der Waals surface area contributed by atoms with Gasteiger partial charge in [0.15, 0.2) is 0 Å². The van der Waals surface area contributed by atoms with Crippen molar-refractivity contribution in [1.82, 2.24) is 14.9 Å². The van der Waals surface area contributed by atoms with Crippen molar-refractivity contribution >= 4 is 11.0 Å². The summed E-state index contributed by atoms with van der Waals surface area (Å²) in [4.78, 5) is 4.72. The molecular weight excluding hydrogens is 286 g/mol. The summed E-state index contributed by atoms with van der Waals surface area (Å²) < 4.78 is 7.59. The number of rotatable bonds is 9. The summed E-state index contributed by atoms with van der Waals surface area (Å²) in [6.07, 6.45) is 10.2. The van der Waals surface area contributed by atoms with Crippen molar-refractivity contribution in [2.24, 2.45) is 0 Å². The highest BCUT2D eigenvalue weighted by molar-refractivity contribution is 5.83. The summed E-state index contributed by atoms with van der Waals surface area (Å²) in [5, 5.41) is 3.72. The van der Waals surface area contributed by atoms with Crippen LogP contribution in [0.4, 0.5) is 0 Å². The van der Waals surface area contributed by atoms with E-state index in [-0.39, 0.29) is 0 Å². The second-order valence-electron chi connectivity index (χ2n) is 6.66. The lowest BCUT2D eigenvalue weighted by Gasteiger charge is -2.11. The van der Waals surface area contributed by atoms with Crippen molar-refractivity contribution in [1.29, 1.82) is 0 Å². The second kappa shape index (κ2) is 7.45. The summed E-state index contributed by atoms with van der Waals surface area (Å²) in [7, 11) is 1.77. The standard InChI is InChI=1S/C19H29N3O/c1-4-15-9-10-20-18-17(14(2)21-16-7-8-16)13-22(19(15)18)11-5-6-12-23-3/h9-10,13-14,16,21H,4-8,11-12H2,1-3H3. The zero-order valence-corrected chi connectivity index (χ0v) is 14.6. The van der Waals surface area contributed by atoms with E-state index < -0.39 is 0 Å². The number of aryl methyl sites for hydroxylation is 2. The summed E-state index contributed by atoms with van der Waals surface area (Å²) in [5.41, 5.74) is 5.24. The van der Waals surface area contributed by atoms with Gasteiger partial charge in [-0.1, -0.05) is 6.92 Å². The molecule has 1 fully saturated rings. The fourth-order valence-corrected chi connectivity index (χ4v) is 3.32. The van der Waals surface area contributed by atoms with Gasteiger partial charge in [0.25, 0.3) is 0 Å². The lowest BCUT2D eigenvalue weighted by molar-refractivity contribution is 0.191. The van der Waals surface area contributed by atoms with Crippen molar-refractivity contribution in [2.75, 3.05) is 13.7 Å². The average molecular weight is 315 g/mol. The zero-order chi connectivity index (χ0) is 16.2. The minimum absolute atomic E-state index is 0.366. The van der Waals surface area contributed by atoms with Crippen LogP contribution in [0.2, 0.25) is 0 Å². The van der Waals surface area contributed by atoms with Gasteiger partial charge in [0.1, 0.15) is 0 Å². The third-order valence-electron chi connectivity index (χ3n) is 4.77.